The van der Waals surface area contributed by atoms with Crippen molar-refractivity contribution in [3.63, 3.8) is 0 Å². The number of hydrogen-bond donors (Lipinski definition) is 0. The van der Waals surface area contributed by atoms with Crippen molar-refractivity contribution in [2.24, 2.45) is 0 Å². The summed E-state index contributed by atoms with van der Waals surface area (Å²) in [5, 5.41) is 0. The fraction of sp³-hybridized carbons (Fsp3) is 0.231. The largest absolute Gasteiger partial charge is 0.306 e. The molecule has 0 bridgehead atoms. The molecule has 0 saturated carbocycles. The highest BCUT2D eigenvalue weighted by Gasteiger charge is 2.13. The van der Waals surface area contributed by atoms with Crippen molar-refractivity contribution in [3.8, 4) is 11.8 Å². The van der Waals surface area contributed by atoms with Gasteiger partial charge in [-0.05, 0) is 24.6 Å². The molecule has 0 radical (unpaired) electrons. The highest BCUT2D eigenvalue weighted by atomic mass is 19.3. The van der Waals surface area contributed by atoms with E-state index in [0.717, 1.165) is 18.6 Å². The van der Waals surface area contributed by atoms with E-state index in [4.69, 9.17) is 0 Å². The molecule has 0 atom stereocenters. The second kappa shape index (κ2) is 6.09. The summed E-state index contributed by atoms with van der Waals surface area (Å²) >= 11 is 0. The molecule has 4 heteroatoms. The number of hydrogen-bond acceptors (Lipinski definition) is 0. The van der Waals surface area contributed by atoms with Crippen LogP contribution in [0, 0.1) is 17.7 Å². The average Bonchev–Trinajstić information content (AvgIpc) is 2.28. The third kappa shape index (κ3) is 3.63. The van der Waals surface area contributed by atoms with E-state index >= 15 is 0 Å². The first kappa shape index (κ1) is 13.3. The zero-order valence-electron chi connectivity index (χ0n) is 9.16. The van der Waals surface area contributed by atoms with Crippen molar-refractivity contribution in [1.29, 1.82) is 0 Å². The summed E-state index contributed by atoms with van der Waals surface area (Å²) < 4.78 is 50.0. The zero-order chi connectivity index (χ0) is 12.8. The van der Waals surface area contributed by atoms with Crippen molar-refractivity contribution in [2.45, 2.75) is 19.8 Å². The Morgan fingerprint density at radius 3 is 2.47 bits per heavy atom. The van der Waals surface area contributed by atoms with Gasteiger partial charge in [0.15, 0.2) is 5.83 Å². The summed E-state index contributed by atoms with van der Waals surface area (Å²) in [6.07, 6.45) is -0.997. The minimum Gasteiger partial charge on any atom is -0.206 e. The van der Waals surface area contributed by atoms with Crippen LogP contribution < -0.4 is 0 Å². The van der Waals surface area contributed by atoms with Gasteiger partial charge in [-0.3, -0.25) is 0 Å². The molecule has 0 unspecified atom stereocenters. The average molecular weight is 242 g/mol. The van der Waals surface area contributed by atoms with E-state index in [0.29, 0.717) is 12.0 Å². The number of benzene rings is 1. The summed E-state index contributed by atoms with van der Waals surface area (Å²) in [5.41, 5.74) is -0.405. The smallest absolute Gasteiger partial charge is 0.206 e. The van der Waals surface area contributed by atoms with Crippen LogP contribution in [0.15, 0.2) is 24.3 Å². The van der Waals surface area contributed by atoms with Crippen molar-refractivity contribution in [1.82, 2.24) is 0 Å². The molecule has 1 rings (SSSR count). The quantitative estimate of drug-likeness (QED) is 0.528. The van der Waals surface area contributed by atoms with E-state index in [9.17, 15) is 17.6 Å². The first-order valence-electron chi connectivity index (χ1n) is 5.05. The van der Waals surface area contributed by atoms with E-state index in [1.165, 1.54) is 6.07 Å². The van der Waals surface area contributed by atoms with Crippen LogP contribution in [0.5, 0.6) is 0 Å². The maximum absolute atomic E-state index is 13.3. The van der Waals surface area contributed by atoms with E-state index < -0.39 is 23.3 Å². The Morgan fingerprint density at radius 1 is 1.24 bits per heavy atom. The van der Waals surface area contributed by atoms with Gasteiger partial charge < -0.3 is 0 Å². The van der Waals surface area contributed by atoms with Gasteiger partial charge in [-0.25, -0.2) is 8.78 Å². The molecule has 1 aromatic carbocycles. The Bertz CT molecular complexity index is 488. The summed E-state index contributed by atoms with van der Waals surface area (Å²) in [6, 6.07) is 3.21. The van der Waals surface area contributed by atoms with Crippen LogP contribution >= 0.6 is 0 Å². The Labute approximate surface area is 97.0 Å². The van der Waals surface area contributed by atoms with Gasteiger partial charge in [0.1, 0.15) is 5.82 Å². The van der Waals surface area contributed by atoms with Crippen LogP contribution in [-0.4, -0.2) is 0 Å². The molecule has 0 nitrogen and oxygen atoms in total. The minimum atomic E-state index is -2.53. The minimum absolute atomic E-state index is 0.340. The summed E-state index contributed by atoms with van der Waals surface area (Å²) in [5.74, 6) is 2.56. The second-order valence-electron chi connectivity index (χ2n) is 3.32. The van der Waals surface area contributed by atoms with E-state index in [-0.39, 0.29) is 0 Å². The Balaban J connectivity index is 3.04. The highest BCUT2D eigenvalue weighted by Crippen LogP contribution is 2.25. The van der Waals surface area contributed by atoms with Gasteiger partial charge in [-0.2, -0.15) is 8.78 Å². The SMILES string of the molecule is CCCC#Cc1ccc(C(F)=C(F)F)c(F)c1. The number of rotatable bonds is 2. The molecule has 90 valence electrons. The molecule has 0 fully saturated rings. The van der Waals surface area contributed by atoms with Crippen molar-refractivity contribution in [2.75, 3.05) is 0 Å². The Morgan fingerprint density at radius 2 is 1.94 bits per heavy atom. The van der Waals surface area contributed by atoms with Crippen LogP contribution in [0.25, 0.3) is 5.83 Å². The summed E-state index contributed by atoms with van der Waals surface area (Å²) in [7, 11) is 0. The molecule has 0 aliphatic rings. The number of unbranched alkanes of at least 4 members (excludes halogenated alkanes) is 1. The van der Waals surface area contributed by atoms with Gasteiger partial charge in [0.25, 0.3) is 0 Å². The third-order valence-electron chi connectivity index (χ3n) is 1.98. The van der Waals surface area contributed by atoms with Crippen molar-refractivity contribution < 1.29 is 17.6 Å². The normalized spacial score (nSPS) is 9.47. The lowest BCUT2D eigenvalue weighted by molar-refractivity contribution is 0.409. The summed E-state index contributed by atoms with van der Waals surface area (Å²) in [4.78, 5) is 0. The molecule has 0 heterocycles. The molecule has 0 aliphatic heterocycles. The molecule has 0 saturated heterocycles. The molecule has 0 N–H and O–H groups in total. The second-order valence-corrected chi connectivity index (χ2v) is 3.32. The fourth-order valence-electron chi connectivity index (χ4n) is 1.16. The van der Waals surface area contributed by atoms with Gasteiger partial charge in [-0.15, -0.1) is 0 Å². The highest BCUT2D eigenvalue weighted by molar-refractivity contribution is 5.61. The first-order chi connectivity index (χ1) is 8.06. The maximum Gasteiger partial charge on any atom is 0.306 e. The predicted molar refractivity (Wildman–Crippen MR) is 58.4 cm³/mol. The van der Waals surface area contributed by atoms with E-state index in [2.05, 4.69) is 11.8 Å². The molecule has 0 aromatic heterocycles. The van der Waals surface area contributed by atoms with Gasteiger partial charge >= 0.3 is 6.08 Å². The molecular formula is C13H10F4. The molecule has 0 spiro atoms. The lowest BCUT2D eigenvalue weighted by Gasteiger charge is -1.99. The third-order valence-corrected chi connectivity index (χ3v) is 1.98. The van der Waals surface area contributed by atoms with Crippen molar-refractivity contribution >= 4 is 5.83 Å². The lowest BCUT2D eigenvalue weighted by Crippen LogP contribution is -1.88. The van der Waals surface area contributed by atoms with Gasteiger partial charge in [0.2, 0.25) is 0 Å². The lowest BCUT2D eigenvalue weighted by atomic mass is 10.1. The first-order valence-corrected chi connectivity index (χ1v) is 5.05. The van der Waals surface area contributed by atoms with Crippen LogP contribution in [0.1, 0.15) is 30.9 Å². The number of halogens is 4. The maximum atomic E-state index is 13.3. The predicted octanol–water partition coefficient (Wildman–Crippen LogP) is 4.51. The van der Waals surface area contributed by atoms with Crippen molar-refractivity contribution in [3.05, 3.63) is 41.2 Å². The van der Waals surface area contributed by atoms with E-state index in [1.54, 1.807) is 0 Å². The Kier molecular flexibility index (Phi) is 4.77. The van der Waals surface area contributed by atoms with Gasteiger partial charge in [-0.1, -0.05) is 18.8 Å². The zero-order valence-corrected chi connectivity index (χ0v) is 9.16. The fourth-order valence-corrected chi connectivity index (χ4v) is 1.16. The monoisotopic (exact) mass is 242 g/mol. The topological polar surface area (TPSA) is 0 Å². The van der Waals surface area contributed by atoms with Crippen LogP contribution in [-0.2, 0) is 0 Å². The van der Waals surface area contributed by atoms with Crippen LogP contribution in [0.4, 0.5) is 17.6 Å². The molecular weight excluding hydrogens is 232 g/mol. The van der Waals surface area contributed by atoms with E-state index in [1.807, 2.05) is 6.92 Å². The Hall–Kier alpha value is -1.76. The molecule has 1 aromatic rings. The van der Waals surface area contributed by atoms with Crippen LogP contribution in [0.3, 0.4) is 0 Å². The standard InChI is InChI=1S/C13H10F4/c1-2-3-4-5-9-6-7-10(11(14)8-9)12(15)13(16)17/h6-8H,2-3H2,1H3. The molecule has 0 aliphatic carbocycles. The van der Waals surface area contributed by atoms with Gasteiger partial charge in [0.05, 0.1) is 5.56 Å². The summed E-state index contributed by atoms with van der Waals surface area (Å²) in [6.45, 7) is 1.95. The van der Waals surface area contributed by atoms with Crippen LogP contribution in [0.2, 0.25) is 0 Å². The molecule has 17 heavy (non-hydrogen) atoms. The van der Waals surface area contributed by atoms with Gasteiger partial charge in [0, 0.05) is 12.0 Å². The molecule has 0 amide bonds.